The number of allylic oxidation sites excluding steroid dienone is 1. The average molecular weight is 409 g/mol. The van der Waals surface area contributed by atoms with Crippen LogP contribution in [0, 0.1) is 11.3 Å². The fourth-order valence-electron chi connectivity index (χ4n) is 4.11. The molecule has 0 aromatic heterocycles. The van der Waals surface area contributed by atoms with E-state index in [1.54, 1.807) is 0 Å². The Balaban J connectivity index is 2.36. The highest BCUT2D eigenvalue weighted by atomic mass is 16.5. The minimum atomic E-state index is -0.270. The van der Waals surface area contributed by atoms with E-state index < -0.39 is 0 Å². The summed E-state index contributed by atoms with van der Waals surface area (Å²) in [7, 11) is 0. The van der Waals surface area contributed by atoms with E-state index in [-0.39, 0.29) is 23.4 Å². The highest BCUT2D eigenvalue weighted by Crippen LogP contribution is 2.36. The first kappa shape index (κ1) is 25.9. The quantitative estimate of drug-likeness (QED) is 0.200. The molecule has 0 heterocycles. The molecule has 1 saturated carbocycles. The van der Waals surface area contributed by atoms with Crippen LogP contribution >= 0.6 is 0 Å². The number of hydrogen-bond acceptors (Lipinski definition) is 4. The normalized spacial score (nSPS) is 20.9. The highest BCUT2D eigenvalue weighted by molar-refractivity contribution is 5.85. The van der Waals surface area contributed by atoms with Gasteiger partial charge < -0.3 is 9.84 Å². The lowest BCUT2D eigenvalue weighted by Crippen LogP contribution is -2.23. The number of aliphatic hydroxyl groups is 1. The Hall–Kier alpha value is -1.16. The van der Waals surface area contributed by atoms with Crippen molar-refractivity contribution in [3.8, 4) is 0 Å². The number of carbonyl (C=O) groups excluding carboxylic acids is 2. The van der Waals surface area contributed by atoms with E-state index in [1.807, 2.05) is 6.92 Å². The Morgan fingerprint density at radius 3 is 2.52 bits per heavy atom. The summed E-state index contributed by atoms with van der Waals surface area (Å²) >= 11 is 0. The number of Topliss-reactive ketones (excluding diaryl/α,β-unsaturated/α-hetero) is 1. The van der Waals surface area contributed by atoms with Gasteiger partial charge in [0.2, 0.25) is 0 Å². The Morgan fingerprint density at radius 1 is 1.10 bits per heavy atom. The van der Waals surface area contributed by atoms with Crippen molar-refractivity contribution < 1.29 is 19.4 Å². The van der Waals surface area contributed by atoms with Gasteiger partial charge in [-0.2, -0.15) is 0 Å². The van der Waals surface area contributed by atoms with Crippen molar-refractivity contribution in [2.45, 2.75) is 117 Å². The first-order valence-corrected chi connectivity index (χ1v) is 11.9. The molecule has 2 atom stereocenters. The second-order valence-electron chi connectivity index (χ2n) is 9.28. The van der Waals surface area contributed by atoms with E-state index in [9.17, 15) is 14.7 Å². The zero-order valence-electron chi connectivity index (χ0n) is 19.3. The largest absolute Gasteiger partial charge is 0.466 e. The van der Waals surface area contributed by atoms with Crippen molar-refractivity contribution in [3.05, 3.63) is 11.6 Å². The van der Waals surface area contributed by atoms with Gasteiger partial charge in [0.15, 0.2) is 0 Å². The number of hydrogen-bond donors (Lipinski definition) is 1. The maximum absolute atomic E-state index is 12.6. The van der Waals surface area contributed by atoms with Crippen LogP contribution in [0.5, 0.6) is 0 Å². The van der Waals surface area contributed by atoms with Crippen molar-refractivity contribution in [2.75, 3.05) is 6.61 Å². The van der Waals surface area contributed by atoms with Crippen LogP contribution < -0.4 is 0 Å². The van der Waals surface area contributed by atoms with Crippen molar-refractivity contribution in [1.82, 2.24) is 0 Å². The maximum Gasteiger partial charge on any atom is 0.305 e. The number of ketones is 1. The van der Waals surface area contributed by atoms with E-state index in [0.29, 0.717) is 25.2 Å². The van der Waals surface area contributed by atoms with Gasteiger partial charge in [-0.3, -0.25) is 9.59 Å². The third-order valence-corrected chi connectivity index (χ3v) is 6.24. The third-order valence-electron chi connectivity index (χ3n) is 6.24. The summed E-state index contributed by atoms with van der Waals surface area (Å²) in [6.45, 7) is 8.79. The van der Waals surface area contributed by atoms with Gasteiger partial charge in [0.25, 0.3) is 0 Å². The van der Waals surface area contributed by atoms with Gasteiger partial charge in [0.1, 0.15) is 5.78 Å². The van der Waals surface area contributed by atoms with Crippen molar-refractivity contribution in [1.29, 1.82) is 0 Å². The van der Waals surface area contributed by atoms with E-state index in [0.717, 1.165) is 70.6 Å². The fourth-order valence-corrected chi connectivity index (χ4v) is 4.11. The van der Waals surface area contributed by atoms with Crippen LogP contribution in [0.2, 0.25) is 0 Å². The van der Waals surface area contributed by atoms with Crippen LogP contribution in [0.3, 0.4) is 0 Å². The van der Waals surface area contributed by atoms with Gasteiger partial charge in [0, 0.05) is 24.2 Å². The SMILES string of the molecule is CCCCC(C)(C)C(=O)CC=C1CC[C@H](O)[C@@H]1CCCCCCC(=O)OCCC. The molecule has 4 nitrogen and oxygen atoms in total. The first-order valence-electron chi connectivity index (χ1n) is 11.9. The smallest absolute Gasteiger partial charge is 0.305 e. The van der Waals surface area contributed by atoms with Crippen LogP contribution in [0.1, 0.15) is 111 Å². The summed E-state index contributed by atoms with van der Waals surface area (Å²) in [5.41, 5.74) is 1.03. The highest BCUT2D eigenvalue weighted by Gasteiger charge is 2.30. The number of carbonyl (C=O) groups is 2. The molecule has 1 aliphatic rings. The monoisotopic (exact) mass is 408 g/mol. The lowest BCUT2D eigenvalue weighted by molar-refractivity contribution is -0.143. The minimum Gasteiger partial charge on any atom is -0.466 e. The molecule has 0 unspecified atom stereocenters. The van der Waals surface area contributed by atoms with E-state index in [1.165, 1.54) is 5.57 Å². The van der Waals surface area contributed by atoms with Gasteiger partial charge in [0.05, 0.1) is 12.7 Å². The zero-order chi connectivity index (χ0) is 21.7. The third kappa shape index (κ3) is 9.93. The molecule has 1 N–H and O–H groups in total. The summed E-state index contributed by atoms with van der Waals surface area (Å²) in [6, 6.07) is 0. The summed E-state index contributed by atoms with van der Waals surface area (Å²) < 4.78 is 5.09. The molecule has 1 rings (SSSR count). The van der Waals surface area contributed by atoms with Crippen LogP contribution in [-0.2, 0) is 14.3 Å². The number of unbranched alkanes of at least 4 members (excludes halogenated alkanes) is 4. The van der Waals surface area contributed by atoms with Crippen LogP contribution in [0.15, 0.2) is 11.6 Å². The predicted octanol–water partition coefficient (Wildman–Crippen LogP) is 6.15. The van der Waals surface area contributed by atoms with Gasteiger partial charge in [-0.25, -0.2) is 0 Å². The van der Waals surface area contributed by atoms with Crippen molar-refractivity contribution >= 4 is 11.8 Å². The standard InChI is InChI=1S/C25H44O4/c1-5-7-18-25(3,4)23(27)17-15-20-14-16-22(26)21(20)12-10-8-9-11-13-24(28)29-19-6-2/h15,21-22,26H,5-14,16-19H2,1-4H3/t21-,22+/m1/s1. The van der Waals surface area contributed by atoms with Crippen molar-refractivity contribution in [2.24, 2.45) is 11.3 Å². The predicted molar refractivity (Wildman–Crippen MR) is 119 cm³/mol. The molecular formula is C25H44O4. The Morgan fingerprint density at radius 2 is 1.83 bits per heavy atom. The van der Waals surface area contributed by atoms with E-state index in [2.05, 4.69) is 26.8 Å². The summed E-state index contributed by atoms with van der Waals surface area (Å²) in [5.74, 6) is 0.430. The molecule has 0 saturated heterocycles. The van der Waals surface area contributed by atoms with Crippen LogP contribution in [0.25, 0.3) is 0 Å². The summed E-state index contributed by atoms with van der Waals surface area (Å²) in [5, 5.41) is 10.4. The minimum absolute atomic E-state index is 0.0881. The second kappa shape index (κ2) is 14.0. The molecule has 0 spiro atoms. The van der Waals surface area contributed by atoms with Crippen LogP contribution in [-0.4, -0.2) is 29.6 Å². The zero-order valence-corrected chi connectivity index (χ0v) is 19.3. The molecule has 29 heavy (non-hydrogen) atoms. The lowest BCUT2D eigenvalue weighted by Gasteiger charge is -2.22. The van der Waals surface area contributed by atoms with Gasteiger partial charge in [-0.1, -0.05) is 71.4 Å². The molecule has 0 amide bonds. The number of aliphatic hydroxyl groups excluding tert-OH is 1. The summed E-state index contributed by atoms with van der Waals surface area (Å²) in [6.07, 6.45) is 13.6. The maximum atomic E-state index is 12.6. The average Bonchev–Trinajstić information content (AvgIpc) is 3.05. The first-order chi connectivity index (χ1) is 13.8. The molecule has 0 bridgehead atoms. The molecule has 0 aromatic carbocycles. The molecule has 1 fully saturated rings. The number of esters is 1. The van der Waals surface area contributed by atoms with E-state index in [4.69, 9.17) is 4.74 Å². The summed E-state index contributed by atoms with van der Waals surface area (Å²) in [4.78, 5) is 24.1. The molecule has 0 radical (unpaired) electrons. The number of rotatable bonds is 15. The second-order valence-corrected chi connectivity index (χ2v) is 9.28. The van der Waals surface area contributed by atoms with Gasteiger partial charge >= 0.3 is 5.97 Å². The topological polar surface area (TPSA) is 63.6 Å². The van der Waals surface area contributed by atoms with Crippen molar-refractivity contribution in [3.63, 3.8) is 0 Å². The molecule has 0 aromatic rings. The van der Waals surface area contributed by atoms with Gasteiger partial charge in [-0.05, 0) is 38.5 Å². The van der Waals surface area contributed by atoms with Gasteiger partial charge in [-0.15, -0.1) is 0 Å². The molecule has 1 aliphatic carbocycles. The Kier molecular flexibility index (Phi) is 12.4. The lowest BCUT2D eigenvalue weighted by atomic mass is 9.81. The number of ether oxygens (including phenoxy) is 1. The Labute approximate surface area is 178 Å². The molecule has 0 aliphatic heterocycles. The fraction of sp³-hybridized carbons (Fsp3) is 0.840. The van der Waals surface area contributed by atoms with Crippen LogP contribution in [0.4, 0.5) is 0 Å². The molecule has 4 heteroatoms. The molecule has 168 valence electrons. The Bertz CT molecular complexity index is 521. The van der Waals surface area contributed by atoms with E-state index >= 15 is 0 Å². The molecular weight excluding hydrogens is 364 g/mol.